The number of rotatable bonds is 7. The van der Waals surface area contributed by atoms with Gasteiger partial charge in [-0.25, -0.2) is 4.68 Å². The molecule has 0 aliphatic carbocycles. The number of anilines is 2. The number of hydrogen-bond donors (Lipinski definition) is 2. The molecule has 1 unspecified atom stereocenters. The van der Waals surface area contributed by atoms with E-state index in [1.54, 1.807) is 23.9 Å². The highest BCUT2D eigenvalue weighted by molar-refractivity contribution is 9.10. The lowest BCUT2D eigenvalue weighted by Gasteiger charge is -2.30. The van der Waals surface area contributed by atoms with Crippen LogP contribution in [0.15, 0.2) is 64.5 Å². The molecule has 1 aromatic heterocycles. The number of methoxy groups -OCH3 is 1. The van der Waals surface area contributed by atoms with Gasteiger partial charge in [-0.2, -0.15) is 10.1 Å². The molecule has 166 valence electrons. The molecule has 1 aliphatic heterocycles. The predicted molar refractivity (Wildman–Crippen MR) is 126 cm³/mol. The molecule has 0 spiro atoms. The van der Waals surface area contributed by atoms with Crippen LogP contribution in [0.4, 0.5) is 11.6 Å². The van der Waals surface area contributed by atoms with Crippen molar-refractivity contribution in [3.63, 3.8) is 0 Å². The van der Waals surface area contributed by atoms with E-state index in [1.165, 1.54) is 6.33 Å². The molecular weight excluding hydrogens is 474 g/mol. The Hall–Kier alpha value is -3.33. The second-order valence-corrected chi connectivity index (χ2v) is 8.20. The van der Waals surface area contributed by atoms with Crippen molar-refractivity contribution < 1.29 is 14.3 Å². The number of para-hydroxylation sites is 2. The first-order valence-electron chi connectivity index (χ1n) is 10.3. The number of ether oxygens (including phenoxy) is 2. The normalized spacial score (nSPS) is 15.1. The van der Waals surface area contributed by atoms with Crippen LogP contribution in [-0.4, -0.2) is 34.4 Å². The van der Waals surface area contributed by atoms with Crippen LogP contribution in [0.2, 0.25) is 0 Å². The maximum Gasteiger partial charge on any atom is 0.255 e. The van der Waals surface area contributed by atoms with Crippen LogP contribution in [-0.2, 0) is 4.79 Å². The lowest BCUT2D eigenvalue weighted by Crippen LogP contribution is -2.32. The van der Waals surface area contributed by atoms with Gasteiger partial charge in [0.15, 0.2) is 0 Å². The van der Waals surface area contributed by atoms with Crippen molar-refractivity contribution >= 4 is 33.5 Å². The monoisotopic (exact) mass is 497 g/mol. The zero-order valence-electron chi connectivity index (χ0n) is 18.1. The number of amides is 1. The average molecular weight is 498 g/mol. The fraction of sp³-hybridized carbons (Fsp3) is 0.261. The summed E-state index contributed by atoms with van der Waals surface area (Å²) < 4.78 is 14.0. The van der Waals surface area contributed by atoms with Crippen LogP contribution < -0.4 is 20.1 Å². The quantitative estimate of drug-likeness (QED) is 0.488. The van der Waals surface area contributed by atoms with Crippen molar-refractivity contribution in [3.05, 3.63) is 70.1 Å². The fourth-order valence-electron chi connectivity index (χ4n) is 3.69. The van der Waals surface area contributed by atoms with Gasteiger partial charge in [-0.3, -0.25) is 4.79 Å². The molecule has 3 aromatic rings. The number of carbonyl (C=O) groups is 1. The first-order valence-corrected chi connectivity index (χ1v) is 11.1. The second-order valence-electron chi connectivity index (χ2n) is 7.28. The number of benzene rings is 2. The lowest BCUT2D eigenvalue weighted by atomic mass is 9.94. The van der Waals surface area contributed by atoms with Crippen molar-refractivity contribution in [1.82, 2.24) is 14.8 Å². The van der Waals surface area contributed by atoms with E-state index in [4.69, 9.17) is 9.47 Å². The zero-order chi connectivity index (χ0) is 22.7. The molecule has 2 heterocycles. The van der Waals surface area contributed by atoms with E-state index in [0.717, 1.165) is 16.5 Å². The van der Waals surface area contributed by atoms with Crippen LogP contribution in [0.25, 0.3) is 0 Å². The van der Waals surface area contributed by atoms with E-state index in [-0.39, 0.29) is 5.91 Å². The number of nitrogens with zero attached hydrogens (tertiary/aromatic N) is 3. The van der Waals surface area contributed by atoms with E-state index in [1.807, 2.05) is 37.3 Å². The summed E-state index contributed by atoms with van der Waals surface area (Å²) in [6.07, 6.45) is 2.33. The van der Waals surface area contributed by atoms with E-state index < -0.39 is 6.04 Å². The molecule has 0 fully saturated rings. The van der Waals surface area contributed by atoms with Gasteiger partial charge in [0.2, 0.25) is 5.95 Å². The molecule has 0 bridgehead atoms. The molecule has 9 heteroatoms. The van der Waals surface area contributed by atoms with Crippen molar-refractivity contribution in [3.8, 4) is 11.5 Å². The van der Waals surface area contributed by atoms with E-state index in [0.29, 0.717) is 41.0 Å². The van der Waals surface area contributed by atoms with Crippen molar-refractivity contribution in [1.29, 1.82) is 0 Å². The first-order chi connectivity index (χ1) is 15.5. The summed E-state index contributed by atoms with van der Waals surface area (Å²) in [6, 6.07) is 12.5. The number of carbonyl (C=O) groups excluding carboxylic acids is 1. The van der Waals surface area contributed by atoms with Crippen LogP contribution >= 0.6 is 15.9 Å². The highest BCUT2D eigenvalue weighted by Crippen LogP contribution is 2.40. The minimum Gasteiger partial charge on any atom is -0.495 e. The Morgan fingerprint density at radius 1 is 1.25 bits per heavy atom. The molecule has 0 radical (unpaired) electrons. The highest BCUT2D eigenvalue weighted by Gasteiger charge is 2.35. The van der Waals surface area contributed by atoms with E-state index in [9.17, 15) is 4.79 Å². The summed E-state index contributed by atoms with van der Waals surface area (Å²) >= 11 is 3.56. The van der Waals surface area contributed by atoms with E-state index >= 15 is 0 Å². The van der Waals surface area contributed by atoms with Crippen LogP contribution in [0, 0.1) is 0 Å². The van der Waals surface area contributed by atoms with E-state index in [2.05, 4.69) is 43.6 Å². The van der Waals surface area contributed by atoms with Gasteiger partial charge in [0.25, 0.3) is 5.91 Å². The number of halogens is 1. The number of fused-ring (bicyclic) bond motifs is 1. The molecule has 4 rings (SSSR count). The SMILES string of the molecule is CCCOc1ccc(Br)cc1C1C(C(=O)Nc2ccccc2OC)=C(C)Nc2ncnn21. The van der Waals surface area contributed by atoms with Crippen LogP contribution in [0.1, 0.15) is 31.9 Å². The summed E-state index contributed by atoms with van der Waals surface area (Å²) in [4.78, 5) is 17.9. The predicted octanol–water partition coefficient (Wildman–Crippen LogP) is 4.77. The molecule has 1 amide bonds. The lowest BCUT2D eigenvalue weighted by molar-refractivity contribution is -0.113. The Kier molecular flexibility index (Phi) is 6.45. The molecule has 8 nitrogen and oxygen atoms in total. The minimum atomic E-state index is -0.534. The maximum absolute atomic E-state index is 13.6. The zero-order valence-corrected chi connectivity index (χ0v) is 19.6. The molecule has 1 aliphatic rings. The van der Waals surface area contributed by atoms with Crippen molar-refractivity contribution in [2.24, 2.45) is 0 Å². The summed E-state index contributed by atoms with van der Waals surface area (Å²) in [5.74, 6) is 1.56. The average Bonchev–Trinajstić information content (AvgIpc) is 3.25. The molecule has 2 N–H and O–H groups in total. The third-order valence-corrected chi connectivity index (χ3v) is 5.62. The molecule has 1 atom stereocenters. The Bertz CT molecular complexity index is 1170. The van der Waals surface area contributed by atoms with Crippen LogP contribution in [0.3, 0.4) is 0 Å². The fourth-order valence-corrected chi connectivity index (χ4v) is 4.07. The Morgan fingerprint density at radius 3 is 2.84 bits per heavy atom. The highest BCUT2D eigenvalue weighted by atomic mass is 79.9. The van der Waals surface area contributed by atoms with Crippen LogP contribution in [0.5, 0.6) is 11.5 Å². The largest absolute Gasteiger partial charge is 0.495 e. The summed E-state index contributed by atoms with van der Waals surface area (Å²) in [5, 5.41) is 10.6. The van der Waals surface area contributed by atoms with Gasteiger partial charge in [0, 0.05) is 15.7 Å². The standard InChI is InChI=1S/C23H24BrN5O3/c1-4-11-32-18-10-9-15(24)12-16(18)21-20(14(2)27-23-25-13-26-29(21)23)22(30)28-17-7-5-6-8-19(17)31-3/h5-10,12-13,21H,4,11H2,1-3H3,(H,28,30)(H,25,26,27). The van der Waals surface area contributed by atoms with Gasteiger partial charge < -0.3 is 20.1 Å². The van der Waals surface area contributed by atoms with Gasteiger partial charge in [0.05, 0.1) is 25.0 Å². The minimum absolute atomic E-state index is 0.271. The number of allylic oxidation sites excluding steroid dienone is 1. The third kappa shape index (κ3) is 4.20. The summed E-state index contributed by atoms with van der Waals surface area (Å²) in [5.41, 5.74) is 2.59. The first kappa shape index (κ1) is 21.9. The number of aromatic nitrogens is 3. The van der Waals surface area contributed by atoms with Gasteiger partial charge in [-0.1, -0.05) is 35.0 Å². The smallest absolute Gasteiger partial charge is 0.255 e. The number of hydrogen-bond acceptors (Lipinski definition) is 6. The van der Waals surface area contributed by atoms with Gasteiger partial charge in [-0.05, 0) is 43.7 Å². The molecule has 32 heavy (non-hydrogen) atoms. The Labute approximate surface area is 194 Å². The van der Waals surface area contributed by atoms with Crippen molar-refractivity contribution in [2.45, 2.75) is 26.3 Å². The second kappa shape index (κ2) is 9.44. The summed E-state index contributed by atoms with van der Waals surface area (Å²) in [7, 11) is 1.57. The maximum atomic E-state index is 13.6. The van der Waals surface area contributed by atoms with Gasteiger partial charge >= 0.3 is 0 Å². The molecule has 0 saturated heterocycles. The topological polar surface area (TPSA) is 90.3 Å². The Morgan fingerprint density at radius 2 is 2.06 bits per heavy atom. The van der Waals surface area contributed by atoms with Gasteiger partial charge in [-0.15, -0.1) is 0 Å². The number of nitrogens with one attached hydrogen (secondary N) is 2. The summed E-state index contributed by atoms with van der Waals surface area (Å²) in [6.45, 7) is 4.47. The molecular formula is C23H24BrN5O3. The third-order valence-electron chi connectivity index (χ3n) is 5.12. The van der Waals surface area contributed by atoms with Crippen molar-refractivity contribution in [2.75, 3.05) is 24.4 Å². The Balaban J connectivity index is 1.81. The molecule has 2 aromatic carbocycles. The van der Waals surface area contributed by atoms with Gasteiger partial charge in [0.1, 0.15) is 23.9 Å². The molecule has 0 saturated carbocycles.